The number of Topliss-reactive ketones (excluding diaryl/α,β-unsaturated/α-hetero) is 1. The molecule has 0 saturated carbocycles. The normalized spacial score (nSPS) is 10.8. The Kier molecular flexibility index (Phi) is 5.93. The predicted octanol–water partition coefficient (Wildman–Crippen LogP) is 4.70. The van der Waals surface area contributed by atoms with E-state index in [0.717, 1.165) is 22.3 Å². The third-order valence-electron chi connectivity index (χ3n) is 3.75. The molecule has 0 saturated heterocycles. The number of hydrogen-bond donors (Lipinski definition) is 0. The average Bonchev–Trinajstić information content (AvgIpc) is 2.54. The second kappa shape index (κ2) is 7.93. The fourth-order valence-corrected chi connectivity index (χ4v) is 2.50. The highest BCUT2D eigenvalue weighted by atomic mass is 35.5. The summed E-state index contributed by atoms with van der Waals surface area (Å²) in [5.41, 5.74) is 4.43. The van der Waals surface area contributed by atoms with E-state index in [-0.39, 0.29) is 12.4 Å². The number of halogens is 1. The minimum atomic E-state index is -0.565. The smallest absolute Gasteiger partial charge is 0.331 e. The van der Waals surface area contributed by atoms with Crippen LogP contribution in [0.4, 0.5) is 0 Å². The first-order valence-corrected chi connectivity index (χ1v) is 7.96. The van der Waals surface area contributed by atoms with Crippen molar-refractivity contribution in [1.29, 1.82) is 0 Å². The van der Waals surface area contributed by atoms with E-state index in [4.69, 9.17) is 16.3 Å². The van der Waals surface area contributed by atoms with Gasteiger partial charge in [0.15, 0.2) is 6.61 Å². The van der Waals surface area contributed by atoms with Crippen molar-refractivity contribution < 1.29 is 14.3 Å². The second-order valence-electron chi connectivity index (χ2n) is 5.67. The standard InChI is InChI=1S/C20H19ClO3/c1-13-9-15(3)18(10-14(13)2)19(22)12-24-20(23)8-7-16-5-4-6-17(21)11-16/h4-11H,12H2,1-3H3/b8-7+. The molecule has 0 aliphatic rings. The number of carbonyl (C=O) groups excluding carboxylic acids is 2. The highest BCUT2D eigenvalue weighted by molar-refractivity contribution is 6.30. The lowest BCUT2D eigenvalue weighted by atomic mass is 9.98. The van der Waals surface area contributed by atoms with Crippen molar-refractivity contribution in [2.24, 2.45) is 0 Å². The first kappa shape index (κ1) is 18.0. The monoisotopic (exact) mass is 342 g/mol. The number of rotatable bonds is 5. The van der Waals surface area contributed by atoms with Crippen LogP contribution < -0.4 is 0 Å². The molecular formula is C20H19ClO3. The molecule has 0 N–H and O–H groups in total. The molecular weight excluding hydrogens is 324 g/mol. The molecule has 0 spiro atoms. The van der Waals surface area contributed by atoms with Crippen LogP contribution >= 0.6 is 11.6 Å². The zero-order valence-corrected chi connectivity index (χ0v) is 14.7. The summed E-state index contributed by atoms with van der Waals surface area (Å²) in [7, 11) is 0. The molecule has 0 fully saturated rings. The summed E-state index contributed by atoms with van der Waals surface area (Å²) < 4.78 is 5.03. The van der Waals surface area contributed by atoms with E-state index in [1.165, 1.54) is 6.08 Å². The quantitative estimate of drug-likeness (QED) is 0.449. The van der Waals surface area contributed by atoms with Gasteiger partial charge in [0, 0.05) is 16.7 Å². The molecule has 0 atom stereocenters. The van der Waals surface area contributed by atoms with Crippen molar-refractivity contribution in [3.8, 4) is 0 Å². The molecule has 0 aliphatic heterocycles. The van der Waals surface area contributed by atoms with Gasteiger partial charge in [0.1, 0.15) is 0 Å². The van der Waals surface area contributed by atoms with Crippen LogP contribution in [0.15, 0.2) is 42.5 Å². The summed E-state index contributed by atoms with van der Waals surface area (Å²) >= 11 is 5.87. The van der Waals surface area contributed by atoms with E-state index < -0.39 is 5.97 Å². The van der Waals surface area contributed by atoms with E-state index in [9.17, 15) is 9.59 Å². The molecule has 0 aromatic heterocycles. The molecule has 4 heteroatoms. The van der Waals surface area contributed by atoms with Crippen LogP contribution in [0.3, 0.4) is 0 Å². The number of hydrogen-bond acceptors (Lipinski definition) is 3. The van der Waals surface area contributed by atoms with Crippen molar-refractivity contribution in [3.05, 3.63) is 75.3 Å². The molecule has 0 unspecified atom stereocenters. The van der Waals surface area contributed by atoms with E-state index in [0.29, 0.717) is 10.6 Å². The minimum Gasteiger partial charge on any atom is -0.454 e. The lowest BCUT2D eigenvalue weighted by Crippen LogP contribution is -2.14. The predicted molar refractivity (Wildman–Crippen MR) is 96.4 cm³/mol. The number of benzene rings is 2. The molecule has 0 aliphatic carbocycles. The van der Waals surface area contributed by atoms with Gasteiger partial charge < -0.3 is 4.74 Å². The van der Waals surface area contributed by atoms with E-state index >= 15 is 0 Å². The minimum absolute atomic E-state index is 0.208. The lowest BCUT2D eigenvalue weighted by Gasteiger charge is -2.09. The van der Waals surface area contributed by atoms with Gasteiger partial charge in [-0.1, -0.05) is 29.8 Å². The van der Waals surface area contributed by atoms with Crippen molar-refractivity contribution in [3.63, 3.8) is 0 Å². The SMILES string of the molecule is Cc1cc(C)c(C(=O)COC(=O)/C=C/c2cccc(Cl)c2)cc1C. The lowest BCUT2D eigenvalue weighted by molar-refractivity contribution is -0.136. The zero-order valence-electron chi connectivity index (χ0n) is 13.9. The first-order valence-electron chi connectivity index (χ1n) is 7.58. The van der Waals surface area contributed by atoms with Crippen molar-refractivity contribution >= 4 is 29.4 Å². The molecule has 2 rings (SSSR count). The molecule has 0 bridgehead atoms. The highest BCUT2D eigenvalue weighted by Gasteiger charge is 2.12. The summed E-state index contributed by atoms with van der Waals surface area (Å²) in [6.07, 6.45) is 2.88. The Morgan fingerprint density at radius 3 is 2.46 bits per heavy atom. The number of ketones is 1. The highest BCUT2D eigenvalue weighted by Crippen LogP contribution is 2.16. The van der Waals surface area contributed by atoms with E-state index in [2.05, 4.69) is 0 Å². The van der Waals surface area contributed by atoms with Gasteiger partial charge >= 0.3 is 5.97 Å². The van der Waals surface area contributed by atoms with E-state index in [1.807, 2.05) is 39.0 Å². The van der Waals surface area contributed by atoms with Crippen LogP contribution in [0.25, 0.3) is 6.08 Å². The van der Waals surface area contributed by atoms with Crippen molar-refractivity contribution in [1.82, 2.24) is 0 Å². The maximum Gasteiger partial charge on any atom is 0.331 e. The fourth-order valence-electron chi connectivity index (χ4n) is 2.30. The maximum absolute atomic E-state index is 12.2. The van der Waals surface area contributed by atoms with Crippen LogP contribution in [0.1, 0.15) is 32.6 Å². The Hall–Kier alpha value is -2.39. The maximum atomic E-state index is 12.2. The Morgan fingerprint density at radius 2 is 1.75 bits per heavy atom. The zero-order chi connectivity index (χ0) is 17.7. The third-order valence-corrected chi connectivity index (χ3v) is 3.98. The van der Waals surface area contributed by atoms with Gasteiger partial charge in [-0.15, -0.1) is 0 Å². The molecule has 0 amide bonds. The summed E-state index contributed by atoms with van der Waals surface area (Å²) in [6.45, 7) is 5.55. The van der Waals surface area contributed by atoms with Crippen LogP contribution in [0.5, 0.6) is 0 Å². The molecule has 2 aromatic rings. The van der Waals surface area contributed by atoms with Gasteiger partial charge in [-0.05, 0) is 67.3 Å². The topological polar surface area (TPSA) is 43.4 Å². The molecule has 0 radical (unpaired) electrons. The van der Waals surface area contributed by atoms with Crippen LogP contribution in [-0.4, -0.2) is 18.4 Å². The Bertz CT molecular complexity index is 807. The third kappa shape index (κ3) is 4.80. The molecule has 124 valence electrons. The summed E-state index contributed by atoms with van der Waals surface area (Å²) in [6, 6.07) is 10.9. The molecule has 0 heterocycles. The van der Waals surface area contributed by atoms with Gasteiger partial charge in [0.2, 0.25) is 5.78 Å². The number of aryl methyl sites for hydroxylation is 3. The largest absolute Gasteiger partial charge is 0.454 e. The molecule has 3 nitrogen and oxygen atoms in total. The van der Waals surface area contributed by atoms with Crippen molar-refractivity contribution in [2.45, 2.75) is 20.8 Å². The second-order valence-corrected chi connectivity index (χ2v) is 6.11. The Morgan fingerprint density at radius 1 is 1.04 bits per heavy atom. The Balaban J connectivity index is 1.96. The number of carbonyl (C=O) groups is 2. The first-order chi connectivity index (χ1) is 11.4. The van der Waals surface area contributed by atoms with Gasteiger partial charge in [0.25, 0.3) is 0 Å². The van der Waals surface area contributed by atoms with Gasteiger partial charge in [0.05, 0.1) is 0 Å². The molecule has 2 aromatic carbocycles. The van der Waals surface area contributed by atoms with Gasteiger partial charge in [-0.3, -0.25) is 4.79 Å². The fraction of sp³-hybridized carbons (Fsp3) is 0.200. The number of esters is 1. The van der Waals surface area contributed by atoms with Crippen LogP contribution in [0.2, 0.25) is 5.02 Å². The Labute approximate surface area is 146 Å². The van der Waals surface area contributed by atoms with Gasteiger partial charge in [-0.25, -0.2) is 4.79 Å². The van der Waals surface area contributed by atoms with Gasteiger partial charge in [-0.2, -0.15) is 0 Å². The number of ether oxygens (including phenoxy) is 1. The average molecular weight is 343 g/mol. The van der Waals surface area contributed by atoms with Crippen LogP contribution in [-0.2, 0) is 9.53 Å². The van der Waals surface area contributed by atoms with E-state index in [1.54, 1.807) is 24.3 Å². The van der Waals surface area contributed by atoms with Crippen molar-refractivity contribution in [2.75, 3.05) is 6.61 Å². The summed E-state index contributed by atoms with van der Waals surface area (Å²) in [5.74, 6) is -0.773. The summed E-state index contributed by atoms with van der Waals surface area (Å²) in [4.78, 5) is 24.0. The van der Waals surface area contributed by atoms with Crippen LogP contribution in [0, 0.1) is 20.8 Å². The molecule has 24 heavy (non-hydrogen) atoms. The summed E-state index contributed by atoms with van der Waals surface area (Å²) in [5, 5.41) is 0.589.